The number of morpholine rings is 1. The molecule has 0 aromatic heterocycles. The Morgan fingerprint density at radius 3 is 2.70 bits per heavy atom. The van der Waals surface area contributed by atoms with Crippen LogP contribution in [-0.4, -0.2) is 91.1 Å². The average molecular weight is 414 g/mol. The average Bonchev–Trinajstić information content (AvgIpc) is 3.44. The molecule has 3 heterocycles. The van der Waals surface area contributed by atoms with E-state index in [-0.39, 0.29) is 12.0 Å². The Balaban J connectivity index is 1.36. The van der Waals surface area contributed by atoms with Crippen LogP contribution in [0.2, 0.25) is 0 Å². The van der Waals surface area contributed by atoms with Crippen molar-refractivity contribution in [3.63, 3.8) is 0 Å². The molecule has 7 nitrogen and oxygen atoms in total. The van der Waals surface area contributed by atoms with Crippen LogP contribution in [0.5, 0.6) is 0 Å². The smallest absolute Gasteiger partial charge is 0.224 e. The van der Waals surface area contributed by atoms with Gasteiger partial charge >= 0.3 is 0 Å². The van der Waals surface area contributed by atoms with E-state index < -0.39 is 0 Å². The summed E-state index contributed by atoms with van der Waals surface area (Å²) in [4.78, 5) is 23.9. The molecule has 164 valence electrons. The number of hydrogen-bond acceptors (Lipinski definition) is 4. The van der Waals surface area contributed by atoms with E-state index in [2.05, 4.69) is 52.4 Å². The molecule has 0 spiro atoms. The van der Waals surface area contributed by atoms with E-state index >= 15 is 0 Å². The third kappa shape index (κ3) is 5.13. The summed E-state index contributed by atoms with van der Waals surface area (Å²) in [6, 6.07) is 11.0. The molecule has 3 aliphatic rings. The van der Waals surface area contributed by atoms with Gasteiger partial charge in [0.2, 0.25) is 5.91 Å². The van der Waals surface area contributed by atoms with Crippen LogP contribution in [0.3, 0.4) is 0 Å². The van der Waals surface area contributed by atoms with E-state index in [0.717, 1.165) is 71.2 Å². The highest BCUT2D eigenvalue weighted by Gasteiger charge is 2.41. The highest BCUT2D eigenvalue weighted by molar-refractivity contribution is 5.81. The number of amides is 1. The summed E-state index contributed by atoms with van der Waals surface area (Å²) in [5.74, 6) is 1.14. The molecule has 2 unspecified atom stereocenters. The summed E-state index contributed by atoms with van der Waals surface area (Å²) >= 11 is 0. The maximum absolute atomic E-state index is 12.3. The lowest BCUT2D eigenvalue weighted by Crippen LogP contribution is -2.50. The molecular weight excluding hydrogens is 378 g/mol. The molecule has 3 saturated heterocycles. The van der Waals surface area contributed by atoms with Gasteiger partial charge in [-0.25, -0.2) is 0 Å². The number of ether oxygens (including phenoxy) is 1. The van der Waals surface area contributed by atoms with Crippen LogP contribution in [0.4, 0.5) is 0 Å². The number of rotatable bonds is 6. The lowest BCUT2D eigenvalue weighted by Gasteiger charge is -2.36. The first kappa shape index (κ1) is 21.1. The van der Waals surface area contributed by atoms with Crippen LogP contribution < -0.4 is 5.32 Å². The number of carbonyl (C=O) groups is 1. The maximum Gasteiger partial charge on any atom is 0.224 e. The van der Waals surface area contributed by atoms with Gasteiger partial charge in [0.15, 0.2) is 5.96 Å². The van der Waals surface area contributed by atoms with Crippen LogP contribution in [0, 0.1) is 0 Å². The van der Waals surface area contributed by atoms with Crippen LogP contribution in [0.1, 0.15) is 31.7 Å². The first-order chi connectivity index (χ1) is 14.7. The number of hydrogen-bond donors (Lipinski definition) is 1. The number of guanidine groups is 1. The molecule has 1 N–H and O–H groups in total. The van der Waals surface area contributed by atoms with Gasteiger partial charge in [0.25, 0.3) is 0 Å². The quantitative estimate of drug-likeness (QED) is 0.566. The fraction of sp³-hybridized carbons (Fsp3) is 0.652. The van der Waals surface area contributed by atoms with E-state index in [1.165, 1.54) is 5.56 Å². The van der Waals surface area contributed by atoms with E-state index in [9.17, 15) is 4.79 Å². The second-order valence-corrected chi connectivity index (χ2v) is 8.41. The summed E-state index contributed by atoms with van der Waals surface area (Å²) in [6.07, 6.45) is 2.96. The Hall–Kier alpha value is -2.12. The first-order valence-corrected chi connectivity index (χ1v) is 11.4. The van der Waals surface area contributed by atoms with Gasteiger partial charge < -0.3 is 19.9 Å². The lowest BCUT2D eigenvalue weighted by molar-refractivity contribution is -0.129. The Morgan fingerprint density at radius 1 is 1.13 bits per heavy atom. The van der Waals surface area contributed by atoms with Crippen LogP contribution in [0.25, 0.3) is 0 Å². The number of nitrogens with zero attached hydrogens (tertiary/aromatic N) is 4. The SMILES string of the molecule is CCNC(=NCCC(=O)N1CCCC1)N1CC2OCCN(Cc3ccccc3)C2C1. The molecule has 0 saturated carbocycles. The number of aliphatic imine (C=N–C) groups is 1. The molecule has 3 aliphatic heterocycles. The summed E-state index contributed by atoms with van der Waals surface area (Å²) in [7, 11) is 0. The van der Waals surface area contributed by atoms with Crippen molar-refractivity contribution < 1.29 is 9.53 Å². The summed E-state index contributed by atoms with van der Waals surface area (Å²) in [6.45, 7) is 9.72. The predicted molar refractivity (Wildman–Crippen MR) is 118 cm³/mol. The zero-order chi connectivity index (χ0) is 20.8. The third-order valence-electron chi connectivity index (χ3n) is 6.33. The van der Waals surface area contributed by atoms with Crippen molar-refractivity contribution in [3.8, 4) is 0 Å². The number of carbonyl (C=O) groups excluding carboxylic acids is 1. The summed E-state index contributed by atoms with van der Waals surface area (Å²) in [5.41, 5.74) is 1.34. The van der Waals surface area contributed by atoms with Gasteiger partial charge in [0.1, 0.15) is 0 Å². The van der Waals surface area contributed by atoms with Crippen molar-refractivity contribution in [2.75, 3.05) is 52.4 Å². The van der Waals surface area contributed by atoms with Crippen molar-refractivity contribution >= 4 is 11.9 Å². The molecule has 0 aliphatic carbocycles. The molecule has 1 aromatic carbocycles. The predicted octanol–water partition coefficient (Wildman–Crippen LogP) is 1.55. The minimum Gasteiger partial charge on any atom is -0.373 e. The fourth-order valence-electron chi connectivity index (χ4n) is 4.75. The Labute approximate surface area is 180 Å². The van der Waals surface area contributed by atoms with Gasteiger partial charge in [-0.05, 0) is 25.3 Å². The molecule has 4 rings (SSSR count). The number of nitrogens with one attached hydrogen (secondary N) is 1. The summed E-state index contributed by atoms with van der Waals surface area (Å²) < 4.78 is 6.11. The second kappa shape index (κ2) is 10.3. The van der Waals surface area contributed by atoms with Crippen LogP contribution in [-0.2, 0) is 16.1 Å². The monoisotopic (exact) mass is 413 g/mol. The number of benzene rings is 1. The van der Waals surface area contributed by atoms with E-state index in [4.69, 9.17) is 9.73 Å². The first-order valence-electron chi connectivity index (χ1n) is 11.4. The zero-order valence-corrected chi connectivity index (χ0v) is 18.1. The summed E-state index contributed by atoms with van der Waals surface area (Å²) in [5, 5.41) is 3.42. The van der Waals surface area contributed by atoms with Gasteiger partial charge in [-0.15, -0.1) is 0 Å². The van der Waals surface area contributed by atoms with Crippen molar-refractivity contribution in [2.45, 2.75) is 44.9 Å². The Bertz CT molecular complexity index is 720. The van der Waals surface area contributed by atoms with E-state index in [1.54, 1.807) is 0 Å². The molecule has 1 amide bonds. The minimum absolute atomic E-state index is 0.206. The fourth-order valence-corrected chi connectivity index (χ4v) is 4.75. The van der Waals surface area contributed by atoms with Crippen molar-refractivity contribution in [2.24, 2.45) is 4.99 Å². The van der Waals surface area contributed by atoms with Gasteiger partial charge in [0, 0.05) is 52.2 Å². The number of likely N-dealkylation sites (tertiary alicyclic amines) is 2. The standard InChI is InChI=1S/C23H35N5O2/c1-2-24-23(25-11-10-22(29)26-12-6-7-13-26)28-17-20-21(18-28)30-15-14-27(20)16-19-8-4-3-5-9-19/h3-5,8-9,20-21H,2,6-7,10-18H2,1H3,(H,24,25). The third-order valence-corrected chi connectivity index (χ3v) is 6.33. The zero-order valence-electron chi connectivity index (χ0n) is 18.1. The second-order valence-electron chi connectivity index (χ2n) is 8.41. The normalized spacial score (nSPS) is 24.9. The minimum atomic E-state index is 0.206. The highest BCUT2D eigenvalue weighted by atomic mass is 16.5. The lowest BCUT2D eigenvalue weighted by atomic mass is 10.1. The molecule has 0 radical (unpaired) electrons. The van der Waals surface area contributed by atoms with Gasteiger partial charge in [-0.1, -0.05) is 30.3 Å². The Morgan fingerprint density at radius 2 is 1.93 bits per heavy atom. The molecule has 7 heteroatoms. The molecular formula is C23H35N5O2. The van der Waals surface area contributed by atoms with Gasteiger partial charge in [-0.2, -0.15) is 0 Å². The van der Waals surface area contributed by atoms with E-state index in [1.807, 2.05) is 4.90 Å². The topological polar surface area (TPSA) is 60.4 Å². The van der Waals surface area contributed by atoms with Crippen LogP contribution >= 0.6 is 0 Å². The molecule has 0 bridgehead atoms. The van der Waals surface area contributed by atoms with Gasteiger partial charge in [-0.3, -0.25) is 14.7 Å². The molecule has 3 fully saturated rings. The maximum atomic E-state index is 12.3. The molecule has 1 aromatic rings. The van der Waals surface area contributed by atoms with Crippen molar-refractivity contribution in [3.05, 3.63) is 35.9 Å². The Kier molecular flexibility index (Phi) is 7.23. The molecule has 30 heavy (non-hydrogen) atoms. The molecule has 2 atom stereocenters. The highest BCUT2D eigenvalue weighted by Crippen LogP contribution is 2.24. The van der Waals surface area contributed by atoms with Gasteiger partial charge in [0.05, 0.1) is 25.3 Å². The van der Waals surface area contributed by atoms with Crippen LogP contribution in [0.15, 0.2) is 35.3 Å². The van der Waals surface area contributed by atoms with Crippen molar-refractivity contribution in [1.29, 1.82) is 0 Å². The van der Waals surface area contributed by atoms with E-state index in [0.29, 0.717) is 19.0 Å². The largest absolute Gasteiger partial charge is 0.373 e. The number of fused-ring (bicyclic) bond motifs is 1. The van der Waals surface area contributed by atoms with Crippen molar-refractivity contribution in [1.82, 2.24) is 20.0 Å².